The van der Waals surface area contributed by atoms with Gasteiger partial charge in [0, 0.05) is 18.8 Å². The van der Waals surface area contributed by atoms with Gasteiger partial charge in [-0.2, -0.15) is 0 Å². The maximum atomic E-state index is 12.9. The topological polar surface area (TPSA) is 42.4 Å². The first-order valence-electron chi connectivity index (χ1n) is 7.79. The zero-order chi connectivity index (χ0) is 14.9. The molecule has 1 aromatic carbocycles. The standard InChI is InChI=1S/C18H18N2O2/c21-18(20-12-13-7-8-14(20)10-13)16-5-1-2-6-17(16)22-15-4-3-9-19-11-15/h1-6,9,11,13-14H,7-8,10,12H2. The van der Waals surface area contributed by atoms with Crippen molar-refractivity contribution in [2.24, 2.45) is 5.92 Å². The number of carbonyl (C=O) groups is 1. The maximum Gasteiger partial charge on any atom is 0.257 e. The maximum absolute atomic E-state index is 12.9. The first kappa shape index (κ1) is 13.3. The summed E-state index contributed by atoms with van der Waals surface area (Å²) >= 11 is 0. The van der Waals surface area contributed by atoms with Gasteiger partial charge in [0.05, 0.1) is 11.8 Å². The quantitative estimate of drug-likeness (QED) is 0.870. The van der Waals surface area contributed by atoms with Crippen molar-refractivity contribution in [2.75, 3.05) is 6.54 Å². The molecular formula is C18H18N2O2. The van der Waals surface area contributed by atoms with E-state index in [-0.39, 0.29) is 5.91 Å². The molecule has 2 heterocycles. The van der Waals surface area contributed by atoms with E-state index in [1.807, 2.05) is 41.3 Å². The summed E-state index contributed by atoms with van der Waals surface area (Å²) in [5.41, 5.74) is 0.638. The Labute approximate surface area is 129 Å². The predicted molar refractivity (Wildman–Crippen MR) is 82.9 cm³/mol. The molecule has 1 saturated heterocycles. The van der Waals surface area contributed by atoms with Crippen LogP contribution in [0.25, 0.3) is 0 Å². The average molecular weight is 294 g/mol. The molecule has 1 aliphatic carbocycles. The summed E-state index contributed by atoms with van der Waals surface area (Å²) in [6.07, 6.45) is 6.92. The second kappa shape index (κ2) is 5.44. The van der Waals surface area contributed by atoms with Gasteiger partial charge >= 0.3 is 0 Å². The van der Waals surface area contributed by atoms with Gasteiger partial charge in [-0.1, -0.05) is 12.1 Å². The average Bonchev–Trinajstić information content (AvgIpc) is 3.19. The van der Waals surface area contributed by atoms with Crippen LogP contribution in [0, 0.1) is 5.92 Å². The number of likely N-dealkylation sites (tertiary alicyclic amines) is 1. The van der Waals surface area contributed by atoms with Gasteiger partial charge in [0.1, 0.15) is 11.5 Å². The molecule has 0 spiro atoms. The largest absolute Gasteiger partial charge is 0.455 e. The lowest BCUT2D eigenvalue weighted by atomic mass is 10.1. The van der Waals surface area contributed by atoms with Crippen LogP contribution in [0.15, 0.2) is 48.8 Å². The molecule has 112 valence electrons. The molecule has 2 aliphatic rings. The number of benzene rings is 1. The van der Waals surface area contributed by atoms with Gasteiger partial charge in [-0.15, -0.1) is 0 Å². The predicted octanol–water partition coefficient (Wildman–Crippen LogP) is 3.50. The number of fused-ring (bicyclic) bond motifs is 2. The lowest BCUT2D eigenvalue weighted by molar-refractivity contribution is 0.0701. The lowest BCUT2D eigenvalue weighted by Crippen LogP contribution is -2.37. The molecule has 2 fully saturated rings. The normalized spacial score (nSPS) is 22.8. The van der Waals surface area contributed by atoms with Crippen molar-refractivity contribution in [3.05, 3.63) is 54.4 Å². The van der Waals surface area contributed by atoms with Crippen LogP contribution in [-0.4, -0.2) is 28.4 Å². The number of pyridine rings is 1. The van der Waals surface area contributed by atoms with Crippen LogP contribution in [0.5, 0.6) is 11.5 Å². The SMILES string of the molecule is O=C(c1ccccc1Oc1cccnc1)N1CC2CCC1C2. The molecular weight excluding hydrogens is 276 g/mol. The van der Waals surface area contributed by atoms with Crippen LogP contribution in [-0.2, 0) is 0 Å². The summed E-state index contributed by atoms with van der Waals surface area (Å²) in [5, 5.41) is 0. The molecule has 1 amide bonds. The smallest absolute Gasteiger partial charge is 0.257 e. The summed E-state index contributed by atoms with van der Waals surface area (Å²) in [4.78, 5) is 18.9. The van der Waals surface area contributed by atoms with Crippen molar-refractivity contribution in [2.45, 2.75) is 25.3 Å². The first-order chi connectivity index (χ1) is 10.8. The number of amides is 1. The van der Waals surface area contributed by atoms with E-state index in [0.29, 0.717) is 29.0 Å². The fourth-order valence-corrected chi connectivity index (χ4v) is 3.59. The summed E-state index contributed by atoms with van der Waals surface area (Å²) in [6.45, 7) is 0.894. The Hall–Kier alpha value is -2.36. The third kappa shape index (κ3) is 2.34. The Morgan fingerprint density at radius 1 is 1.18 bits per heavy atom. The molecule has 2 unspecified atom stereocenters. The summed E-state index contributed by atoms with van der Waals surface area (Å²) in [7, 11) is 0. The van der Waals surface area contributed by atoms with Crippen LogP contribution in [0.1, 0.15) is 29.6 Å². The number of para-hydroxylation sites is 1. The van der Waals surface area contributed by atoms with Crippen LogP contribution < -0.4 is 4.74 Å². The van der Waals surface area contributed by atoms with E-state index >= 15 is 0 Å². The number of nitrogens with zero attached hydrogens (tertiary/aromatic N) is 2. The van der Waals surface area contributed by atoms with E-state index in [1.54, 1.807) is 12.4 Å². The Bertz CT molecular complexity index is 686. The molecule has 4 heteroatoms. The number of carbonyl (C=O) groups excluding carboxylic acids is 1. The number of piperidine rings is 1. The molecule has 1 saturated carbocycles. The molecule has 2 bridgehead atoms. The zero-order valence-corrected chi connectivity index (χ0v) is 12.3. The van der Waals surface area contributed by atoms with E-state index in [2.05, 4.69) is 4.98 Å². The highest BCUT2D eigenvalue weighted by Gasteiger charge is 2.40. The van der Waals surface area contributed by atoms with Crippen LogP contribution >= 0.6 is 0 Å². The Morgan fingerprint density at radius 3 is 2.82 bits per heavy atom. The lowest BCUT2D eigenvalue weighted by Gasteiger charge is -2.27. The molecule has 1 aliphatic heterocycles. The fraction of sp³-hybridized carbons (Fsp3) is 0.333. The third-order valence-corrected chi connectivity index (χ3v) is 4.65. The van der Waals surface area contributed by atoms with Gasteiger partial charge < -0.3 is 9.64 Å². The molecule has 0 N–H and O–H groups in total. The molecule has 4 nitrogen and oxygen atoms in total. The number of ether oxygens (including phenoxy) is 1. The second-order valence-electron chi connectivity index (χ2n) is 6.08. The number of aromatic nitrogens is 1. The molecule has 2 atom stereocenters. The molecule has 4 rings (SSSR count). The molecule has 1 aromatic heterocycles. The molecule has 2 aromatic rings. The van der Waals surface area contributed by atoms with Crippen molar-refractivity contribution in [3.63, 3.8) is 0 Å². The van der Waals surface area contributed by atoms with Gasteiger partial charge in [-0.05, 0) is 49.4 Å². The van der Waals surface area contributed by atoms with Crippen molar-refractivity contribution in [1.82, 2.24) is 9.88 Å². The van der Waals surface area contributed by atoms with Crippen LogP contribution in [0.2, 0.25) is 0 Å². The minimum Gasteiger partial charge on any atom is -0.455 e. The minimum absolute atomic E-state index is 0.0895. The third-order valence-electron chi connectivity index (χ3n) is 4.65. The number of hydrogen-bond acceptors (Lipinski definition) is 3. The van der Waals surface area contributed by atoms with E-state index < -0.39 is 0 Å². The summed E-state index contributed by atoms with van der Waals surface area (Å²) in [6, 6.07) is 11.5. The van der Waals surface area contributed by atoms with Crippen molar-refractivity contribution in [1.29, 1.82) is 0 Å². The van der Waals surface area contributed by atoms with Crippen molar-refractivity contribution < 1.29 is 9.53 Å². The van der Waals surface area contributed by atoms with Crippen LogP contribution in [0.4, 0.5) is 0 Å². The second-order valence-corrected chi connectivity index (χ2v) is 6.08. The van der Waals surface area contributed by atoms with Gasteiger partial charge in [-0.25, -0.2) is 0 Å². The van der Waals surface area contributed by atoms with E-state index in [1.165, 1.54) is 6.42 Å². The van der Waals surface area contributed by atoms with Crippen molar-refractivity contribution >= 4 is 5.91 Å². The van der Waals surface area contributed by atoms with Gasteiger partial charge in [0.2, 0.25) is 0 Å². The Morgan fingerprint density at radius 2 is 2.09 bits per heavy atom. The Kier molecular flexibility index (Phi) is 3.29. The van der Waals surface area contributed by atoms with E-state index in [0.717, 1.165) is 19.4 Å². The monoisotopic (exact) mass is 294 g/mol. The van der Waals surface area contributed by atoms with Gasteiger partial charge in [-0.3, -0.25) is 9.78 Å². The highest BCUT2D eigenvalue weighted by atomic mass is 16.5. The van der Waals surface area contributed by atoms with Gasteiger partial charge in [0.15, 0.2) is 0 Å². The van der Waals surface area contributed by atoms with Crippen LogP contribution in [0.3, 0.4) is 0 Å². The summed E-state index contributed by atoms with van der Waals surface area (Å²) < 4.78 is 5.86. The fourth-order valence-electron chi connectivity index (χ4n) is 3.59. The highest BCUT2D eigenvalue weighted by molar-refractivity contribution is 5.97. The molecule has 0 radical (unpaired) electrons. The first-order valence-corrected chi connectivity index (χ1v) is 7.79. The zero-order valence-electron chi connectivity index (χ0n) is 12.3. The number of rotatable bonds is 3. The highest BCUT2D eigenvalue weighted by Crippen LogP contribution is 2.39. The van der Waals surface area contributed by atoms with Crippen molar-refractivity contribution in [3.8, 4) is 11.5 Å². The minimum atomic E-state index is 0.0895. The van der Waals surface area contributed by atoms with E-state index in [4.69, 9.17) is 4.74 Å². The Balaban J connectivity index is 1.60. The van der Waals surface area contributed by atoms with Gasteiger partial charge in [0.25, 0.3) is 5.91 Å². The summed E-state index contributed by atoms with van der Waals surface area (Å²) in [5.74, 6) is 2.03. The number of hydrogen-bond donors (Lipinski definition) is 0. The van der Waals surface area contributed by atoms with E-state index in [9.17, 15) is 4.79 Å². The molecule has 22 heavy (non-hydrogen) atoms.